The normalized spacial score (nSPS) is 36.1. The molecule has 0 N–H and O–H groups in total. The van der Waals surface area contributed by atoms with E-state index in [9.17, 15) is 4.79 Å². The van der Waals surface area contributed by atoms with Crippen molar-refractivity contribution < 1.29 is 4.79 Å². The summed E-state index contributed by atoms with van der Waals surface area (Å²) in [5.41, 5.74) is 5.51. The minimum Gasteiger partial charge on any atom is -0.294 e. The molecule has 0 spiro atoms. The molecular formula is C20H30O. The number of carbonyl (C=O) groups excluding carboxylic acids is 1. The van der Waals surface area contributed by atoms with Crippen molar-refractivity contribution in [3.05, 3.63) is 34.4 Å². The van der Waals surface area contributed by atoms with Gasteiger partial charge in [0.05, 0.1) is 0 Å². The highest BCUT2D eigenvalue weighted by Crippen LogP contribution is 2.51. The third kappa shape index (κ3) is 3.39. The maximum Gasteiger partial charge on any atom is 0.162 e. The van der Waals surface area contributed by atoms with Crippen molar-refractivity contribution >= 4 is 5.78 Å². The molecule has 116 valence electrons. The summed E-state index contributed by atoms with van der Waals surface area (Å²) in [6.45, 7) is 11.0. The van der Waals surface area contributed by atoms with E-state index in [1.54, 1.807) is 5.57 Å². The SMILES string of the molecule is CC(C)=C1CC[C@@]2(C)C(=O)/C=C(/C)CC/C=C(/C)CC[C@H]12. The van der Waals surface area contributed by atoms with E-state index in [1.165, 1.54) is 16.7 Å². The number of ketones is 1. The van der Waals surface area contributed by atoms with Gasteiger partial charge in [-0.1, -0.05) is 35.3 Å². The van der Waals surface area contributed by atoms with Gasteiger partial charge in [-0.3, -0.25) is 4.79 Å². The van der Waals surface area contributed by atoms with E-state index in [2.05, 4.69) is 40.7 Å². The molecule has 1 heteroatoms. The lowest BCUT2D eigenvalue weighted by molar-refractivity contribution is -0.124. The topological polar surface area (TPSA) is 17.1 Å². The Kier molecular flexibility index (Phi) is 4.91. The van der Waals surface area contributed by atoms with E-state index in [4.69, 9.17) is 0 Å². The zero-order valence-corrected chi connectivity index (χ0v) is 14.4. The molecule has 2 aliphatic rings. The minimum absolute atomic E-state index is 0.182. The Hall–Kier alpha value is -1.11. The Morgan fingerprint density at radius 2 is 1.86 bits per heavy atom. The average Bonchev–Trinajstić information content (AvgIpc) is 2.73. The molecule has 0 aromatic heterocycles. The first-order chi connectivity index (χ1) is 9.84. The van der Waals surface area contributed by atoms with Gasteiger partial charge in [0.1, 0.15) is 0 Å². The van der Waals surface area contributed by atoms with Gasteiger partial charge in [-0.15, -0.1) is 0 Å². The van der Waals surface area contributed by atoms with Crippen LogP contribution in [-0.2, 0) is 4.79 Å². The second kappa shape index (κ2) is 6.34. The van der Waals surface area contributed by atoms with E-state index < -0.39 is 0 Å². The van der Waals surface area contributed by atoms with E-state index >= 15 is 0 Å². The second-order valence-corrected chi connectivity index (χ2v) is 7.48. The molecule has 0 radical (unpaired) electrons. The van der Waals surface area contributed by atoms with Gasteiger partial charge in [0, 0.05) is 5.41 Å². The van der Waals surface area contributed by atoms with Gasteiger partial charge in [0.25, 0.3) is 0 Å². The predicted molar refractivity (Wildman–Crippen MR) is 90.2 cm³/mol. The van der Waals surface area contributed by atoms with Crippen LogP contribution in [0.1, 0.15) is 73.1 Å². The Balaban J connectivity index is 2.42. The summed E-state index contributed by atoms with van der Waals surface area (Å²) in [6, 6.07) is 0. The Bertz CT molecular complexity index is 514. The van der Waals surface area contributed by atoms with Crippen LogP contribution in [0.4, 0.5) is 0 Å². The molecule has 0 heterocycles. The molecule has 2 atom stereocenters. The van der Waals surface area contributed by atoms with Gasteiger partial charge in [-0.2, -0.15) is 0 Å². The fraction of sp³-hybridized carbons (Fsp3) is 0.650. The standard InChI is InChI=1S/C20H30O/c1-14(2)17-11-12-20(5)18(17)10-9-15(3)7-6-8-16(4)13-19(20)21/h7,13,18H,6,8-12H2,1-5H3/b15-7-,16-13-/t18-,20-/m1/s1. The lowest BCUT2D eigenvalue weighted by Gasteiger charge is -2.30. The first-order valence-electron chi connectivity index (χ1n) is 8.38. The molecule has 0 saturated heterocycles. The van der Waals surface area contributed by atoms with Gasteiger partial charge in [0.15, 0.2) is 5.78 Å². The molecule has 1 saturated carbocycles. The number of rotatable bonds is 0. The molecule has 21 heavy (non-hydrogen) atoms. The monoisotopic (exact) mass is 286 g/mol. The smallest absolute Gasteiger partial charge is 0.162 e. The van der Waals surface area contributed by atoms with Crippen LogP contribution in [0.25, 0.3) is 0 Å². The highest BCUT2D eigenvalue weighted by molar-refractivity contribution is 5.96. The molecule has 2 rings (SSSR count). The molecular weight excluding hydrogens is 256 g/mol. The molecule has 0 aromatic carbocycles. The van der Waals surface area contributed by atoms with Crippen molar-refractivity contribution in [3.63, 3.8) is 0 Å². The summed E-state index contributed by atoms with van der Waals surface area (Å²) in [4.78, 5) is 12.9. The van der Waals surface area contributed by atoms with Crippen LogP contribution in [-0.4, -0.2) is 5.78 Å². The van der Waals surface area contributed by atoms with Crippen molar-refractivity contribution in [3.8, 4) is 0 Å². The number of fused-ring (bicyclic) bond motifs is 1. The predicted octanol–water partition coefficient (Wildman–Crippen LogP) is 5.77. The van der Waals surface area contributed by atoms with Gasteiger partial charge < -0.3 is 0 Å². The van der Waals surface area contributed by atoms with E-state index in [-0.39, 0.29) is 5.41 Å². The van der Waals surface area contributed by atoms with Crippen LogP contribution in [0.5, 0.6) is 0 Å². The highest BCUT2D eigenvalue weighted by atomic mass is 16.1. The Morgan fingerprint density at radius 1 is 1.14 bits per heavy atom. The zero-order chi connectivity index (χ0) is 15.6. The second-order valence-electron chi connectivity index (χ2n) is 7.48. The van der Waals surface area contributed by atoms with Crippen LogP contribution in [0, 0.1) is 11.3 Å². The first kappa shape index (κ1) is 16.3. The van der Waals surface area contributed by atoms with Crippen molar-refractivity contribution in [1.29, 1.82) is 0 Å². The van der Waals surface area contributed by atoms with E-state index in [0.717, 1.165) is 38.5 Å². The van der Waals surface area contributed by atoms with Crippen LogP contribution in [0.15, 0.2) is 34.4 Å². The molecule has 0 bridgehead atoms. The quantitative estimate of drug-likeness (QED) is 0.516. The van der Waals surface area contributed by atoms with Crippen LogP contribution in [0.2, 0.25) is 0 Å². The molecule has 0 aromatic rings. The summed E-state index contributed by atoms with van der Waals surface area (Å²) in [7, 11) is 0. The zero-order valence-electron chi connectivity index (χ0n) is 14.4. The first-order valence-corrected chi connectivity index (χ1v) is 8.38. The van der Waals surface area contributed by atoms with Crippen molar-refractivity contribution in [2.45, 2.75) is 73.1 Å². The highest BCUT2D eigenvalue weighted by Gasteiger charge is 2.46. The number of hydrogen-bond donors (Lipinski definition) is 0. The Labute approximate surface area is 130 Å². The summed E-state index contributed by atoms with van der Waals surface area (Å²) < 4.78 is 0. The molecule has 1 fully saturated rings. The third-order valence-electron chi connectivity index (χ3n) is 5.54. The number of carbonyl (C=O) groups is 1. The van der Waals surface area contributed by atoms with Crippen molar-refractivity contribution in [2.75, 3.05) is 0 Å². The van der Waals surface area contributed by atoms with Crippen LogP contribution >= 0.6 is 0 Å². The van der Waals surface area contributed by atoms with Crippen LogP contribution in [0.3, 0.4) is 0 Å². The summed E-state index contributed by atoms with van der Waals surface area (Å²) >= 11 is 0. The largest absolute Gasteiger partial charge is 0.294 e. The molecule has 2 aliphatic carbocycles. The fourth-order valence-electron chi connectivity index (χ4n) is 3.99. The van der Waals surface area contributed by atoms with Gasteiger partial charge in [0.2, 0.25) is 0 Å². The molecule has 0 aliphatic heterocycles. The number of allylic oxidation sites excluding steroid dienone is 6. The van der Waals surface area contributed by atoms with Crippen molar-refractivity contribution in [2.24, 2.45) is 11.3 Å². The van der Waals surface area contributed by atoms with Gasteiger partial charge in [-0.25, -0.2) is 0 Å². The molecule has 0 unspecified atom stereocenters. The Morgan fingerprint density at radius 3 is 2.52 bits per heavy atom. The fourth-order valence-corrected chi connectivity index (χ4v) is 3.99. The maximum atomic E-state index is 12.9. The molecule has 1 nitrogen and oxygen atoms in total. The van der Waals surface area contributed by atoms with E-state index in [0.29, 0.717) is 11.7 Å². The van der Waals surface area contributed by atoms with Gasteiger partial charge in [-0.05, 0) is 78.2 Å². The minimum atomic E-state index is -0.182. The lowest BCUT2D eigenvalue weighted by Crippen LogP contribution is -2.31. The number of hydrogen-bond acceptors (Lipinski definition) is 1. The molecule has 0 amide bonds. The van der Waals surface area contributed by atoms with Gasteiger partial charge >= 0.3 is 0 Å². The summed E-state index contributed by atoms with van der Waals surface area (Å²) in [5.74, 6) is 0.793. The van der Waals surface area contributed by atoms with E-state index in [1.807, 2.05) is 6.08 Å². The van der Waals surface area contributed by atoms with Crippen molar-refractivity contribution in [1.82, 2.24) is 0 Å². The maximum absolute atomic E-state index is 12.9. The lowest BCUT2D eigenvalue weighted by atomic mass is 9.72. The summed E-state index contributed by atoms with van der Waals surface area (Å²) in [6.07, 6.45) is 10.8. The third-order valence-corrected chi connectivity index (χ3v) is 5.54. The van der Waals surface area contributed by atoms with Crippen LogP contribution < -0.4 is 0 Å². The average molecular weight is 286 g/mol. The summed E-state index contributed by atoms with van der Waals surface area (Å²) in [5, 5.41) is 0.